The van der Waals surface area contributed by atoms with Gasteiger partial charge in [-0.1, -0.05) is 11.3 Å². The summed E-state index contributed by atoms with van der Waals surface area (Å²) in [7, 11) is 0. The topological polar surface area (TPSA) is 101 Å². The fourth-order valence-corrected chi connectivity index (χ4v) is 1.91. The summed E-state index contributed by atoms with van der Waals surface area (Å²) in [5.74, 6) is -0.541. The van der Waals surface area contributed by atoms with Crippen molar-refractivity contribution >= 4 is 34.4 Å². The number of nitrogens with one attached hydrogen (secondary N) is 2. The Morgan fingerprint density at radius 1 is 1.31 bits per heavy atom. The summed E-state index contributed by atoms with van der Waals surface area (Å²) in [6.45, 7) is 0. The van der Waals surface area contributed by atoms with Crippen LogP contribution in [0.1, 0.15) is 4.88 Å². The number of nitro groups is 1. The smallest absolute Gasteiger partial charge is 0.303 e. The van der Waals surface area contributed by atoms with Crippen molar-refractivity contribution in [1.29, 1.82) is 0 Å². The molecule has 0 bridgehead atoms. The van der Waals surface area contributed by atoms with E-state index in [0.717, 1.165) is 11.3 Å². The van der Waals surface area contributed by atoms with Gasteiger partial charge in [-0.05, 0) is 12.1 Å². The van der Waals surface area contributed by atoms with Gasteiger partial charge in [-0.25, -0.2) is 4.79 Å². The van der Waals surface area contributed by atoms with Gasteiger partial charge in [0, 0.05) is 10.9 Å². The number of thiophene rings is 1. The van der Waals surface area contributed by atoms with Crippen LogP contribution in [0, 0.1) is 10.1 Å². The second kappa shape index (κ2) is 3.74. The predicted octanol–water partition coefficient (Wildman–Crippen LogP) is 0.837. The maximum absolute atomic E-state index is 11.1. The van der Waals surface area contributed by atoms with E-state index in [4.69, 9.17) is 0 Å². The molecule has 2 N–H and O–H groups in total. The number of hydrogen-bond acceptors (Lipinski definition) is 5. The molecule has 1 aliphatic heterocycles. The lowest BCUT2D eigenvalue weighted by Gasteiger charge is -1.90. The first kappa shape index (κ1) is 10.3. The SMILES string of the molecule is O=C1NC(=O)/C(=C/c2ccc([N+](=O)[O-])s2)N1. The molecular weight excluding hydrogens is 234 g/mol. The normalized spacial score (nSPS) is 17.4. The van der Waals surface area contributed by atoms with E-state index < -0.39 is 16.9 Å². The number of carbonyl (C=O) groups is 2. The van der Waals surface area contributed by atoms with Gasteiger partial charge in [-0.2, -0.15) is 0 Å². The minimum Gasteiger partial charge on any atom is -0.303 e. The Morgan fingerprint density at radius 3 is 2.56 bits per heavy atom. The maximum Gasteiger partial charge on any atom is 0.326 e. The first-order valence-electron chi connectivity index (χ1n) is 4.14. The number of carbonyl (C=O) groups excluding carboxylic acids is 2. The van der Waals surface area contributed by atoms with Crippen LogP contribution < -0.4 is 10.6 Å². The zero-order chi connectivity index (χ0) is 11.7. The average molecular weight is 239 g/mol. The number of rotatable bonds is 2. The van der Waals surface area contributed by atoms with Gasteiger partial charge >= 0.3 is 11.0 Å². The Kier molecular flexibility index (Phi) is 2.41. The average Bonchev–Trinajstić information content (AvgIpc) is 2.75. The number of urea groups is 1. The summed E-state index contributed by atoms with van der Waals surface area (Å²) in [6, 6.07) is 2.25. The minimum absolute atomic E-state index is 0.0171. The zero-order valence-corrected chi connectivity index (χ0v) is 8.54. The summed E-state index contributed by atoms with van der Waals surface area (Å²) in [4.78, 5) is 32.3. The summed E-state index contributed by atoms with van der Waals surface area (Å²) < 4.78 is 0. The molecule has 1 fully saturated rings. The first-order valence-corrected chi connectivity index (χ1v) is 4.96. The molecule has 0 atom stereocenters. The van der Waals surface area contributed by atoms with Gasteiger partial charge in [0.15, 0.2) is 0 Å². The fourth-order valence-electron chi connectivity index (χ4n) is 1.14. The van der Waals surface area contributed by atoms with E-state index in [2.05, 4.69) is 5.32 Å². The fraction of sp³-hybridized carbons (Fsp3) is 0. The van der Waals surface area contributed by atoms with E-state index in [0.29, 0.717) is 4.88 Å². The van der Waals surface area contributed by atoms with Crippen LogP contribution >= 0.6 is 11.3 Å². The summed E-state index contributed by atoms with van der Waals surface area (Å²) >= 11 is 0.924. The quantitative estimate of drug-likeness (QED) is 0.345. The van der Waals surface area contributed by atoms with Crippen molar-refractivity contribution in [3.05, 3.63) is 32.8 Å². The third-order valence-corrected chi connectivity index (χ3v) is 2.78. The second-order valence-corrected chi connectivity index (χ2v) is 3.99. The molecule has 0 spiro atoms. The monoisotopic (exact) mass is 239 g/mol. The van der Waals surface area contributed by atoms with E-state index in [1.54, 1.807) is 0 Å². The molecule has 3 amide bonds. The third-order valence-electron chi connectivity index (χ3n) is 1.80. The molecule has 0 aliphatic carbocycles. The number of amides is 3. The molecule has 7 nitrogen and oxygen atoms in total. The van der Waals surface area contributed by atoms with Gasteiger partial charge < -0.3 is 5.32 Å². The van der Waals surface area contributed by atoms with E-state index in [9.17, 15) is 19.7 Å². The third kappa shape index (κ3) is 1.91. The second-order valence-electron chi connectivity index (χ2n) is 2.90. The van der Waals surface area contributed by atoms with Crippen molar-refractivity contribution in [2.45, 2.75) is 0 Å². The lowest BCUT2D eigenvalue weighted by atomic mass is 10.3. The van der Waals surface area contributed by atoms with Crippen LogP contribution in [-0.2, 0) is 4.79 Å². The molecule has 1 aromatic heterocycles. The van der Waals surface area contributed by atoms with Crippen molar-refractivity contribution in [2.24, 2.45) is 0 Å². The number of hydrogen-bond donors (Lipinski definition) is 2. The largest absolute Gasteiger partial charge is 0.326 e. The maximum atomic E-state index is 11.1. The first-order chi connectivity index (χ1) is 7.56. The van der Waals surface area contributed by atoms with Crippen LogP contribution in [0.4, 0.5) is 9.80 Å². The highest BCUT2D eigenvalue weighted by atomic mass is 32.1. The molecule has 16 heavy (non-hydrogen) atoms. The summed E-state index contributed by atoms with van der Waals surface area (Å²) in [5, 5.41) is 14.7. The van der Waals surface area contributed by atoms with E-state index in [-0.39, 0.29) is 10.7 Å². The van der Waals surface area contributed by atoms with Gasteiger partial charge in [0.1, 0.15) is 5.70 Å². The van der Waals surface area contributed by atoms with Crippen molar-refractivity contribution in [1.82, 2.24) is 10.6 Å². The van der Waals surface area contributed by atoms with Crippen LogP contribution in [0.3, 0.4) is 0 Å². The highest BCUT2D eigenvalue weighted by Crippen LogP contribution is 2.25. The Hall–Kier alpha value is -2.22. The zero-order valence-electron chi connectivity index (χ0n) is 7.72. The van der Waals surface area contributed by atoms with Crippen LogP contribution in [0.25, 0.3) is 6.08 Å². The van der Waals surface area contributed by atoms with Crippen LogP contribution in [-0.4, -0.2) is 16.9 Å². The van der Waals surface area contributed by atoms with Crippen molar-refractivity contribution in [3.63, 3.8) is 0 Å². The standard InChI is InChI=1S/C8H5N3O4S/c12-7-5(9-8(13)10-7)3-4-1-2-6(16-4)11(14)15/h1-3H,(H2,9,10,12,13)/b5-3-. The van der Waals surface area contributed by atoms with Gasteiger partial charge in [-0.3, -0.25) is 20.2 Å². The van der Waals surface area contributed by atoms with E-state index in [1.165, 1.54) is 18.2 Å². The van der Waals surface area contributed by atoms with Crippen molar-refractivity contribution in [2.75, 3.05) is 0 Å². The number of imide groups is 1. The van der Waals surface area contributed by atoms with Gasteiger partial charge in [0.2, 0.25) is 0 Å². The van der Waals surface area contributed by atoms with Crippen LogP contribution in [0.5, 0.6) is 0 Å². The Bertz CT molecular complexity index is 519. The molecule has 1 aromatic rings. The Morgan fingerprint density at radius 2 is 2.06 bits per heavy atom. The van der Waals surface area contributed by atoms with E-state index >= 15 is 0 Å². The predicted molar refractivity (Wildman–Crippen MR) is 55.6 cm³/mol. The van der Waals surface area contributed by atoms with Crippen LogP contribution in [0.15, 0.2) is 17.8 Å². The molecule has 0 unspecified atom stereocenters. The van der Waals surface area contributed by atoms with Gasteiger partial charge in [0.25, 0.3) is 5.91 Å². The molecule has 2 rings (SSSR count). The van der Waals surface area contributed by atoms with Gasteiger partial charge in [-0.15, -0.1) is 0 Å². The minimum atomic E-state index is -0.595. The van der Waals surface area contributed by atoms with E-state index in [1.807, 2.05) is 5.32 Å². The Labute approximate surface area is 92.9 Å². The van der Waals surface area contributed by atoms with Crippen molar-refractivity contribution < 1.29 is 14.5 Å². The highest BCUT2D eigenvalue weighted by molar-refractivity contribution is 7.16. The van der Waals surface area contributed by atoms with Crippen molar-refractivity contribution in [3.8, 4) is 0 Å². The van der Waals surface area contributed by atoms with Crippen LogP contribution in [0.2, 0.25) is 0 Å². The summed E-state index contributed by atoms with van der Waals surface area (Å²) in [5.41, 5.74) is 0.0850. The summed E-state index contributed by atoms with van der Waals surface area (Å²) in [6.07, 6.45) is 1.39. The molecule has 0 aromatic carbocycles. The lowest BCUT2D eigenvalue weighted by molar-refractivity contribution is -0.380. The Balaban J connectivity index is 2.26. The molecule has 2 heterocycles. The molecular formula is C8H5N3O4S. The molecule has 0 radical (unpaired) electrons. The highest BCUT2D eigenvalue weighted by Gasteiger charge is 2.23. The molecule has 82 valence electrons. The van der Waals surface area contributed by atoms with Gasteiger partial charge in [0.05, 0.1) is 4.92 Å². The molecule has 1 aliphatic rings. The molecule has 1 saturated heterocycles. The lowest BCUT2D eigenvalue weighted by Crippen LogP contribution is -2.22. The molecule has 0 saturated carbocycles. The number of nitrogens with zero attached hydrogens (tertiary/aromatic N) is 1. The molecule has 8 heteroatoms.